The van der Waals surface area contributed by atoms with Gasteiger partial charge in [0.25, 0.3) is 0 Å². The van der Waals surface area contributed by atoms with Crippen LogP contribution in [0.1, 0.15) is 128 Å². The van der Waals surface area contributed by atoms with E-state index in [2.05, 4.69) is 84.6 Å². The highest BCUT2D eigenvalue weighted by molar-refractivity contribution is 7.59. The number of rotatable bonds is 13. The predicted molar refractivity (Wildman–Crippen MR) is 175 cm³/mol. The van der Waals surface area contributed by atoms with Gasteiger partial charge in [0.1, 0.15) is 0 Å². The first-order valence-corrected chi connectivity index (χ1v) is 17.8. The molecule has 0 atom stereocenters. The number of hydrogen-bond donors (Lipinski definition) is 0. The largest absolute Gasteiger partial charge is 0.0965 e. The van der Waals surface area contributed by atoms with E-state index in [1.165, 1.54) is 98.2 Å². The van der Waals surface area contributed by atoms with Gasteiger partial charge in [0, 0.05) is 0 Å². The Labute approximate surface area is 238 Å². The van der Waals surface area contributed by atoms with Gasteiger partial charge in [-0.3, -0.25) is 0 Å². The van der Waals surface area contributed by atoms with Crippen molar-refractivity contribution in [3.63, 3.8) is 0 Å². The lowest BCUT2D eigenvalue weighted by atomic mass is 9.84. The fourth-order valence-corrected chi connectivity index (χ4v) is 10.6. The number of benzene rings is 1. The summed E-state index contributed by atoms with van der Waals surface area (Å²) in [5.41, 5.74) is 9.20. The van der Waals surface area contributed by atoms with E-state index < -0.39 is 0 Å². The van der Waals surface area contributed by atoms with Crippen molar-refractivity contribution in [3.8, 4) is 0 Å². The molecule has 2 aliphatic carbocycles. The maximum absolute atomic E-state index is 4.61. The smallest absolute Gasteiger partial charge is 0.0125 e. The van der Waals surface area contributed by atoms with Crippen molar-refractivity contribution in [2.24, 2.45) is 17.8 Å². The molecule has 212 valence electrons. The Bertz CT molecular complexity index is 854. The Kier molecular flexibility index (Phi) is 13.4. The van der Waals surface area contributed by atoms with Gasteiger partial charge in [0.05, 0.1) is 0 Å². The highest BCUT2D eigenvalue weighted by Crippen LogP contribution is 2.55. The fourth-order valence-electron chi connectivity index (χ4n) is 6.98. The Morgan fingerprint density at radius 2 is 1.21 bits per heavy atom. The zero-order chi connectivity index (χ0) is 27.5. The molecule has 2 saturated carbocycles. The Hall–Kier alpha value is -1.13. The molecule has 3 rings (SSSR count). The molecule has 0 saturated heterocycles. The highest BCUT2D eigenvalue weighted by atomic mass is 31.1. The first-order valence-electron chi connectivity index (χ1n) is 16.2. The minimum Gasteiger partial charge on any atom is -0.0965 e. The Morgan fingerprint density at radius 1 is 0.737 bits per heavy atom. The van der Waals surface area contributed by atoms with Crippen molar-refractivity contribution >= 4 is 13.5 Å². The van der Waals surface area contributed by atoms with Crippen LogP contribution < -0.4 is 0 Å². The van der Waals surface area contributed by atoms with Crippen LogP contribution >= 0.6 is 7.92 Å². The summed E-state index contributed by atoms with van der Waals surface area (Å²) < 4.78 is 0. The molecular weight excluding hydrogens is 475 g/mol. The van der Waals surface area contributed by atoms with E-state index in [1.54, 1.807) is 0 Å². The SMILES string of the molecule is C=C(/C=C\C=C/CP(C1CCCCC1)C1CCCCC1)c1c(CC(C)C)cc(CC(C)C)cc1CC(C)C. The number of allylic oxidation sites excluding steroid dienone is 5. The van der Waals surface area contributed by atoms with Gasteiger partial charge in [-0.05, 0) is 108 Å². The van der Waals surface area contributed by atoms with Crippen LogP contribution in [0.4, 0.5) is 0 Å². The molecule has 0 aliphatic heterocycles. The minimum absolute atomic E-state index is 0.143. The molecular formula is C37H59P. The standard InChI is InChI=1S/C37H59P/c1-28(2)23-32-26-33(24-29(3)4)37(34(27-32)25-30(5)6)31(7)17-11-10-16-22-38(35-18-12-8-13-19-35)36-20-14-9-15-21-36/h10-11,16-17,26-30,35-36H,7-9,12-15,18-25H2,1-6H3/b16-10-,17-11-. The van der Waals surface area contributed by atoms with E-state index in [9.17, 15) is 0 Å². The molecule has 0 N–H and O–H groups in total. The van der Waals surface area contributed by atoms with Crippen LogP contribution in [-0.4, -0.2) is 17.5 Å². The van der Waals surface area contributed by atoms with Crippen LogP contribution in [0.15, 0.2) is 43.0 Å². The molecule has 0 amide bonds. The second-order valence-electron chi connectivity index (χ2n) is 13.7. The molecule has 2 fully saturated rings. The summed E-state index contributed by atoms with van der Waals surface area (Å²) in [6.45, 7) is 18.7. The van der Waals surface area contributed by atoms with Gasteiger partial charge in [-0.25, -0.2) is 0 Å². The third-order valence-electron chi connectivity index (χ3n) is 8.53. The van der Waals surface area contributed by atoms with E-state index in [4.69, 9.17) is 0 Å². The van der Waals surface area contributed by atoms with Gasteiger partial charge in [0.15, 0.2) is 0 Å². The molecule has 38 heavy (non-hydrogen) atoms. The molecule has 1 aromatic carbocycles. The fraction of sp³-hybridized carbons (Fsp3) is 0.676. The van der Waals surface area contributed by atoms with Crippen LogP contribution in [0.5, 0.6) is 0 Å². The monoisotopic (exact) mass is 534 g/mol. The third-order valence-corrected chi connectivity index (χ3v) is 12.1. The minimum atomic E-state index is 0.143. The van der Waals surface area contributed by atoms with Crippen molar-refractivity contribution in [1.29, 1.82) is 0 Å². The van der Waals surface area contributed by atoms with E-state index in [0.29, 0.717) is 17.8 Å². The van der Waals surface area contributed by atoms with Crippen molar-refractivity contribution in [2.45, 2.75) is 136 Å². The highest BCUT2D eigenvalue weighted by Gasteiger charge is 2.29. The zero-order valence-corrected chi connectivity index (χ0v) is 26.8. The van der Waals surface area contributed by atoms with Crippen molar-refractivity contribution < 1.29 is 0 Å². The molecule has 2 aliphatic rings. The summed E-state index contributed by atoms with van der Waals surface area (Å²) in [6.07, 6.45) is 29.1. The Morgan fingerprint density at radius 3 is 1.66 bits per heavy atom. The lowest BCUT2D eigenvalue weighted by molar-refractivity contribution is 0.485. The van der Waals surface area contributed by atoms with Crippen LogP contribution in [0, 0.1) is 17.8 Å². The van der Waals surface area contributed by atoms with E-state index in [1.807, 2.05) is 0 Å². The summed E-state index contributed by atoms with van der Waals surface area (Å²) >= 11 is 0. The molecule has 0 unspecified atom stereocenters. The molecule has 0 aromatic heterocycles. The van der Waals surface area contributed by atoms with Gasteiger partial charge in [0.2, 0.25) is 0 Å². The maximum atomic E-state index is 4.61. The van der Waals surface area contributed by atoms with Gasteiger partial charge in [-0.15, -0.1) is 0 Å². The molecule has 0 radical (unpaired) electrons. The Balaban J connectivity index is 1.77. The molecule has 0 bridgehead atoms. The average molecular weight is 535 g/mol. The van der Waals surface area contributed by atoms with Crippen molar-refractivity contribution in [2.75, 3.05) is 6.16 Å². The molecule has 1 heteroatoms. The zero-order valence-electron chi connectivity index (χ0n) is 25.9. The van der Waals surface area contributed by atoms with Gasteiger partial charge >= 0.3 is 0 Å². The van der Waals surface area contributed by atoms with E-state index >= 15 is 0 Å². The van der Waals surface area contributed by atoms with Crippen LogP contribution in [-0.2, 0) is 19.3 Å². The summed E-state index contributed by atoms with van der Waals surface area (Å²) in [5, 5.41) is 0. The first kappa shape index (κ1) is 31.4. The van der Waals surface area contributed by atoms with Crippen LogP contribution in [0.3, 0.4) is 0 Å². The van der Waals surface area contributed by atoms with E-state index in [0.717, 1.165) is 30.6 Å². The van der Waals surface area contributed by atoms with Crippen molar-refractivity contribution in [3.05, 3.63) is 65.3 Å². The number of hydrogen-bond acceptors (Lipinski definition) is 0. The maximum Gasteiger partial charge on any atom is -0.0125 e. The quantitative estimate of drug-likeness (QED) is 0.174. The summed E-state index contributed by atoms with van der Waals surface area (Å²) in [6, 6.07) is 4.99. The van der Waals surface area contributed by atoms with Crippen molar-refractivity contribution in [1.82, 2.24) is 0 Å². The van der Waals surface area contributed by atoms with E-state index in [-0.39, 0.29) is 7.92 Å². The lowest BCUT2D eigenvalue weighted by Crippen LogP contribution is -2.21. The lowest BCUT2D eigenvalue weighted by Gasteiger charge is -2.38. The molecule has 0 spiro atoms. The molecule has 0 nitrogen and oxygen atoms in total. The topological polar surface area (TPSA) is 0 Å². The molecule has 1 aromatic rings. The van der Waals surface area contributed by atoms with Gasteiger partial charge in [-0.1, -0.05) is 131 Å². The summed E-state index contributed by atoms with van der Waals surface area (Å²) in [5.74, 6) is 1.97. The first-order chi connectivity index (χ1) is 18.2. The summed E-state index contributed by atoms with van der Waals surface area (Å²) in [7, 11) is 0.143. The predicted octanol–water partition coefficient (Wildman–Crippen LogP) is 11.6. The normalized spacial score (nSPS) is 18.3. The summed E-state index contributed by atoms with van der Waals surface area (Å²) in [4.78, 5) is 0. The molecule has 0 heterocycles. The van der Waals surface area contributed by atoms with Crippen LogP contribution in [0.2, 0.25) is 0 Å². The van der Waals surface area contributed by atoms with Crippen LogP contribution in [0.25, 0.3) is 5.57 Å². The van der Waals surface area contributed by atoms with Gasteiger partial charge < -0.3 is 0 Å². The average Bonchev–Trinajstić information content (AvgIpc) is 2.86. The second-order valence-corrected chi connectivity index (χ2v) is 16.5. The second kappa shape index (κ2) is 16.2. The van der Waals surface area contributed by atoms with Gasteiger partial charge in [-0.2, -0.15) is 0 Å². The third kappa shape index (κ3) is 10.1.